The van der Waals surface area contributed by atoms with Crippen LogP contribution in [0.5, 0.6) is 0 Å². The van der Waals surface area contributed by atoms with Crippen molar-refractivity contribution < 1.29 is 9.47 Å². The van der Waals surface area contributed by atoms with Crippen LogP contribution in [0.25, 0.3) is 0 Å². The molecule has 78 valence electrons. The third-order valence-electron chi connectivity index (χ3n) is 1.79. The highest BCUT2D eigenvalue weighted by Gasteiger charge is 1.95. The Bertz CT molecular complexity index is 266. The van der Waals surface area contributed by atoms with Crippen molar-refractivity contribution >= 4 is 5.69 Å². The highest BCUT2D eigenvalue weighted by atomic mass is 16.5. The van der Waals surface area contributed by atoms with Crippen molar-refractivity contribution in [3.05, 3.63) is 24.0 Å². The number of nitrogens with one attached hydrogen (secondary N) is 1. The highest BCUT2D eigenvalue weighted by molar-refractivity contribution is 5.42. The monoisotopic (exact) mass is 196 g/mol. The first-order chi connectivity index (χ1) is 6.86. The predicted molar refractivity (Wildman–Crippen MR) is 55.3 cm³/mol. The summed E-state index contributed by atoms with van der Waals surface area (Å²) >= 11 is 0. The van der Waals surface area contributed by atoms with Gasteiger partial charge >= 0.3 is 0 Å². The Balaban J connectivity index is 2.34. The number of hydrogen-bond acceptors (Lipinski definition) is 4. The summed E-state index contributed by atoms with van der Waals surface area (Å²) in [6.45, 7) is 1.74. The van der Waals surface area contributed by atoms with Crippen molar-refractivity contribution in [3.63, 3.8) is 0 Å². The molecule has 0 atom stereocenters. The Kier molecular flexibility index (Phi) is 4.96. The zero-order valence-electron chi connectivity index (χ0n) is 8.62. The van der Waals surface area contributed by atoms with Gasteiger partial charge in [0.05, 0.1) is 25.5 Å². The molecule has 4 heteroatoms. The molecule has 0 saturated heterocycles. The molecule has 0 fully saturated rings. The van der Waals surface area contributed by atoms with Crippen LogP contribution in [-0.2, 0) is 16.1 Å². The Labute approximate surface area is 84.3 Å². The molecule has 0 spiro atoms. The maximum atomic E-state index is 5.34. The Morgan fingerprint density at radius 2 is 2.29 bits per heavy atom. The molecule has 1 aromatic rings. The largest absolute Gasteiger partial charge is 0.388 e. The minimum absolute atomic E-state index is 0.527. The van der Waals surface area contributed by atoms with Crippen LogP contribution in [0.4, 0.5) is 5.69 Å². The van der Waals surface area contributed by atoms with Crippen LogP contribution in [0.3, 0.4) is 0 Å². The molecule has 1 N–H and O–H groups in total. The van der Waals surface area contributed by atoms with Crippen LogP contribution in [0, 0.1) is 0 Å². The predicted octanol–water partition coefficient (Wildman–Crippen LogP) is 1.29. The number of anilines is 1. The van der Waals surface area contributed by atoms with Gasteiger partial charge in [-0.1, -0.05) is 0 Å². The van der Waals surface area contributed by atoms with E-state index in [0.29, 0.717) is 19.8 Å². The van der Waals surface area contributed by atoms with Gasteiger partial charge in [-0.05, 0) is 12.1 Å². The minimum Gasteiger partial charge on any atom is -0.388 e. The molecule has 1 aromatic heterocycles. The molecule has 0 aromatic carbocycles. The van der Waals surface area contributed by atoms with Crippen molar-refractivity contribution in [2.45, 2.75) is 6.61 Å². The second kappa shape index (κ2) is 6.34. The van der Waals surface area contributed by atoms with Crippen molar-refractivity contribution in [2.24, 2.45) is 0 Å². The molecular weight excluding hydrogens is 180 g/mol. The van der Waals surface area contributed by atoms with E-state index >= 15 is 0 Å². The smallest absolute Gasteiger partial charge is 0.0889 e. The van der Waals surface area contributed by atoms with E-state index < -0.39 is 0 Å². The first kappa shape index (κ1) is 10.9. The van der Waals surface area contributed by atoms with E-state index in [-0.39, 0.29) is 0 Å². The van der Waals surface area contributed by atoms with E-state index in [9.17, 15) is 0 Å². The molecule has 0 aliphatic rings. The Morgan fingerprint density at radius 3 is 3.00 bits per heavy atom. The standard InChI is InChI=1S/C10H16N2O2/c1-11-9-3-4-12-10(7-9)8-14-6-5-13-2/h3-4,7H,5-6,8H2,1-2H3,(H,11,12). The number of pyridine rings is 1. The van der Waals surface area contributed by atoms with Gasteiger partial charge < -0.3 is 14.8 Å². The number of ether oxygens (including phenoxy) is 2. The van der Waals surface area contributed by atoms with Gasteiger partial charge in [-0.2, -0.15) is 0 Å². The average molecular weight is 196 g/mol. The van der Waals surface area contributed by atoms with Crippen molar-refractivity contribution in [1.29, 1.82) is 0 Å². The van der Waals surface area contributed by atoms with Gasteiger partial charge in [0.25, 0.3) is 0 Å². The van der Waals surface area contributed by atoms with E-state index in [4.69, 9.17) is 9.47 Å². The molecule has 0 aliphatic heterocycles. The Morgan fingerprint density at radius 1 is 1.43 bits per heavy atom. The van der Waals surface area contributed by atoms with Gasteiger partial charge in [0.15, 0.2) is 0 Å². The topological polar surface area (TPSA) is 43.4 Å². The zero-order chi connectivity index (χ0) is 10.2. The van der Waals surface area contributed by atoms with Crippen molar-refractivity contribution in [3.8, 4) is 0 Å². The van der Waals surface area contributed by atoms with Crippen LogP contribution in [-0.4, -0.2) is 32.4 Å². The summed E-state index contributed by atoms with van der Waals surface area (Å²) in [5.74, 6) is 0. The number of methoxy groups -OCH3 is 1. The number of rotatable bonds is 6. The summed E-state index contributed by atoms with van der Waals surface area (Å²) in [5, 5.41) is 3.05. The summed E-state index contributed by atoms with van der Waals surface area (Å²) in [6.07, 6.45) is 1.76. The molecular formula is C10H16N2O2. The quantitative estimate of drug-likeness (QED) is 0.696. The van der Waals surface area contributed by atoms with Gasteiger partial charge in [0.2, 0.25) is 0 Å². The first-order valence-corrected chi connectivity index (χ1v) is 4.56. The summed E-state index contributed by atoms with van der Waals surface area (Å²) < 4.78 is 10.2. The molecule has 0 amide bonds. The van der Waals surface area contributed by atoms with Crippen LogP contribution < -0.4 is 5.32 Å². The molecule has 1 heterocycles. The summed E-state index contributed by atoms with van der Waals surface area (Å²) in [4.78, 5) is 4.18. The lowest BCUT2D eigenvalue weighted by Gasteiger charge is -2.04. The van der Waals surface area contributed by atoms with E-state index in [1.165, 1.54) is 0 Å². The fourth-order valence-electron chi connectivity index (χ4n) is 1.03. The molecule has 14 heavy (non-hydrogen) atoms. The molecule has 1 rings (SSSR count). The average Bonchev–Trinajstić information content (AvgIpc) is 2.25. The Hall–Kier alpha value is -1.13. The van der Waals surface area contributed by atoms with E-state index in [0.717, 1.165) is 11.4 Å². The van der Waals surface area contributed by atoms with Crippen LogP contribution in [0.15, 0.2) is 18.3 Å². The van der Waals surface area contributed by atoms with Crippen LogP contribution >= 0.6 is 0 Å². The molecule has 0 saturated carbocycles. The number of aromatic nitrogens is 1. The molecule has 0 bridgehead atoms. The lowest BCUT2D eigenvalue weighted by molar-refractivity contribution is 0.0602. The molecule has 0 aliphatic carbocycles. The minimum atomic E-state index is 0.527. The fraction of sp³-hybridized carbons (Fsp3) is 0.500. The van der Waals surface area contributed by atoms with Crippen LogP contribution in [0.2, 0.25) is 0 Å². The van der Waals surface area contributed by atoms with E-state index in [1.807, 2.05) is 19.2 Å². The van der Waals surface area contributed by atoms with Gasteiger partial charge in [0, 0.05) is 26.0 Å². The lowest BCUT2D eigenvalue weighted by Crippen LogP contribution is -2.03. The SMILES string of the molecule is CNc1ccnc(COCCOC)c1. The molecule has 0 radical (unpaired) electrons. The second-order valence-corrected chi connectivity index (χ2v) is 2.83. The maximum Gasteiger partial charge on any atom is 0.0889 e. The number of hydrogen-bond donors (Lipinski definition) is 1. The summed E-state index contributed by atoms with van der Waals surface area (Å²) in [5.41, 5.74) is 1.97. The summed E-state index contributed by atoms with van der Waals surface area (Å²) in [7, 11) is 3.54. The van der Waals surface area contributed by atoms with Gasteiger partial charge in [-0.25, -0.2) is 0 Å². The van der Waals surface area contributed by atoms with E-state index in [1.54, 1.807) is 13.3 Å². The second-order valence-electron chi connectivity index (χ2n) is 2.83. The number of nitrogens with zero attached hydrogens (tertiary/aromatic N) is 1. The fourth-order valence-corrected chi connectivity index (χ4v) is 1.03. The van der Waals surface area contributed by atoms with Gasteiger partial charge in [-0.3, -0.25) is 4.98 Å². The van der Waals surface area contributed by atoms with Gasteiger partial charge in [-0.15, -0.1) is 0 Å². The third kappa shape index (κ3) is 3.72. The van der Waals surface area contributed by atoms with Crippen molar-refractivity contribution in [1.82, 2.24) is 4.98 Å². The highest BCUT2D eigenvalue weighted by Crippen LogP contribution is 2.07. The maximum absolute atomic E-state index is 5.34. The summed E-state index contributed by atoms with van der Waals surface area (Å²) in [6, 6.07) is 3.88. The third-order valence-corrected chi connectivity index (χ3v) is 1.79. The molecule has 0 unspecified atom stereocenters. The zero-order valence-corrected chi connectivity index (χ0v) is 8.62. The lowest BCUT2D eigenvalue weighted by atomic mass is 10.3. The van der Waals surface area contributed by atoms with Gasteiger partial charge in [0.1, 0.15) is 0 Å². The molecule has 4 nitrogen and oxygen atoms in total. The van der Waals surface area contributed by atoms with E-state index in [2.05, 4.69) is 10.3 Å². The first-order valence-electron chi connectivity index (χ1n) is 4.56. The van der Waals surface area contributed by atoms with Crippen molar-refractivity contribution in [2.75, 3.05) is 32.7 Å². The normalized spacial score (nSPS) is 10.1. The van der Waals surface area contributed by atoms with Crippen LogP contribution in [0.1, 0.15) is 5.69 Å².